The van der Waals surface area contributed by atoms with E-state index in [4.69, 9.17) is 19.7 Å². The van der Waals surface area contributed by atoms with E-state index >= 15 is 0 Å². The number of carbonyl (C=O) groups is 1. The zero-order valence-electron chi connectivity index (χ0n) is 9.84. The van der Waals surface area contributed by atoms with Gasteiger partial charge in [0.05, 0.1) is 19.1 Å². The van der Waals surface area contributed by atoms with Gasteiger partial charge in [0.15, 0.2) is 6.29 Å². The number of ether oxygens (including phenoxy) is 2. The van der Waals surface area contributed by atoms with Crippen LogP contribution in [0.1, 0.15) is 13.3 Å². The van der Waals surface area contributed by atoms with E-state index in [9.17, 15) is 20.1 Å². The molecule has 0 radical (unpaired) electrons. The molecule has 0 saturated carbocycles. The third-order valence-electron chi connectivity index (χ3n) is 2.68. The summed E-state index contributed by atoms with van der Waals surface area (Å²) in [5, 5.41) is 46.1. The van der Waals surface area contributed by atoms with Gasteiger partial charge in [-0.1, -0.05) is 0 Å². The molecule has 0 bridgehead atoms. The zero-order chi connectivity index (χ0) is 13.9. The van der Waals surface area contributed by atoms with E-state index in [1.807, 2.05) is 0 Å². The van der Waals surface area contributed by atoms with Crippen molar-refractivity contribution in [1.82, 2.24) is 0 Å². The van der Waals surface area contributed by atoms with Crippen LogP contribution in [0.3, 0.4) is 0 Å². The molecule has 8 heteroatoms. The molecule has 1 saturated heterocycles. The number of carboxylic acids is 1. The molecule has 0 amide bonds. The van der Waals surface area contributed by atoms with Crippen LogP contribution in [-0.4, -0.2) is 74.9 Å². The highest BCUT2D eigenvalue weighted by atomic mass is 16.7. The van der Waals surface area contributed by atoms with Crippen LogP contribution in [0.2, 0.25) is 0 Å². The molecule has 106 valence electrons. The van der Waals surface area contributed by atoms with Gasteiger partial charge in [-0.15, -0.1) is 0 Å². The van der Waals surface area contributed by atoms with Crippen molar-refractivity contribution in [3.8, 4) is 0 Å². The van der Waals surface area contributed by atoms with Crippen molar-refractivity contribution in [2.75, 3.05) is 6.61 Å². The molecule has 0 aromatic carbocycles. The lowest BCUT2D eigenvalue weighted by Crippen LogP contribution is -2.59. The molecule has 6 atom stereocenters. The van der Waals surface area contributed by atoms with Gasteiger partial charge in [-0.05, 0) is 6.92 Å². The lowest BCUT2D eigenvalue weighted by atomic mass is 9.99. The summed E-state index contributed by atoms with van der Waals surface area (Å²) in [6.07, 6.45) is -7.91. The van der Waals surface area contributed by atoms with Crippen LogP contribution >= 0.6 is 0 Å². The average molecular weight is 266 g/mol. The van der Waals surface area contributed by atoms with Crippen molar-refractivity contribution in [3.05, 3.63) is 0 Å². The summed E-state index contributed by atoms with van der Waals surface area (Å²) in [4.78, 5) is 10.5. The molecule has 1 aliphatic rings. The molecule has 18 heavy (non-hydrogen) atoms. The van der Waals surface area contributed by atoms with Crippen molar-refractivity contribution >= 4 is 5.97 Å². The molecule has 0 aromatic heterocycles. The van der Waals surface area contributed by atoms with Crippen molar-refractivity contribution in [3.63, 3.8) is 0 Å². The molecule has 5 N–H and O–H groups in total. The van der Waals surface area contributed by atoms with Crippen molar-refractivity contribution in [1.29, 1.82) is 0 Å². The van der Waals surface area contributed by atoms with E-state index in [-0.39, 0.29) is 6.42 Å². The first-order chi connectivity index (χ1) is 8.36. The fourth-order valence-corrected chi connectivity index (χ4v) is 1.70. The SMILES string of the molecule is C[C@H](CC(=O)O)O[C@H]1OC(CO)[C@H](O)C(O)C1O. The Morgan fingerprint density at radius 3 is 2.39 bits per heavy atom. The third-order valence-corrected chi connectivity index (χ3v) is 2.68. The minimum absolute atomic E-state index is 0.297. The summed E-state index contributed by atoms with van der Waals surface area (Å²) in [6.45, 7) is 0.910. The van der Waals surface area contributed by atoms with Gasteiger partial charge in [-0.25, -0.2) is 0 Å². The van der Waals surface area contributed by atoms with Gasteiger partial charge in [0.2, 0.25) is 0 Å². The largest absolute Gasteiger partial charge is 0.481 e. The van der Waals surface area contributed by atoms with E-state index in [0.29, 0.717) is 0 Å². The first kappa shape index (κ1) is 15.3. The topological polar surface area (TPSA) is 137 Å². The third kappa shape index (κ3) is 3.61. The Morgan fingerprint density at radius 1 is 1.28 bits per heavy atom. The minimum atomic E-state index is -1.53. The molecule has 0 spiro atoms. The van der Waals surface area contributed by atoms with Crippen LogP contribution in [0.15, 0.2) is 0 Å². The Labute approximate surface area is 103 Å². The molecule has 8 nitrogen and oxygen atoms in total. The number of aliphatic hydroxyl groups is 4. The van der Waals surface area contributed by atoms with Gasteiger partial charge in [0, 0.05) is 0 Å². The van der Waals surface area contributed by atoms with E-state index < -0.39 is 49.4 Å². The van der Waals surface area contributed by atoms with Gasteiger partial charge < -0.3 is 35.0 Å². The van der Waals surface area contributed by atoms with Gasteiger partial charge in [-0.2, -0.15) is 0 Å². The molecule has 1 heterocycles. The van der Waals surface area contributed by atoms with E-state index in [1.54, 1.807) is 0 Å². The predicted molar refractivity (Wildman–Crippen MR) is 56.6 cm³/mol. The molecule has 1 aliphatic heterocycles. The normalized spacial score (nSPS) is 38.4. The van der Waals surface area contributed by atoms with Crippen molar-refractivity contribution in [2.24, 2.45) is 0 Å². The Morgan fingerprint density at radius 2 is 1.89 bits per heavy atom. The number of hydrogen-bond acceptors (Lipinski definition) is 7. The number of aliphatic hydroxyl groups excluding tert-OH is 4. The summed E-state index contributed by atoms with van der Waals surface area (Å²) in [6, 6.07) is 0. The predicted octanol–water partition coefficient (Wildman–Crippen LogP) is -2.33. The van der Waals surface area contributed by atoms with E-state index in [2.05, 4.69) is 0 Å². The van der Waals surface area contributed by atoms with Crippen LogP contribution in [0.4, 0.5) is 0 Å². The van der Waals surface area contributed by atoms with Crippen molar-refractivity contribution < 1.29 is 39.8 Å². The maximum atomic E-state index is 10.5. The van der Waals surface area contributed by atoms with E-state index in [0.717, 1.165) is 0 Å². The second kappa shape index (κ2) is 6.41. The molecule has 1 rings (SSSR count). The highest BCUT2D eigenvalue weighted by Crippen LogP contribution is 2.23. The van der Waals surface area contributed by atoms with Gasteiger partial charge in [0.1, 0.15) is 24.4 Å². The maximum absolute atomic E-state index is 10.5. The summed E-state index contributed by atoms with van der Waals surface area (Å²) < 4.78 is 10.2. The molecule has 0 aliphatic carbocycles. The van der Waals surface area contributed by atoms with Crippen LogP contribution in [0, 0.1) is 0 Å². The fraction of sp³-hybridized carbons (Fsp3) is 0.900. The highest BCUT2D eigenvalue weighted by Gasteiger charge is 2.44. The minimum Gasteiger partial charge on any atom is -0.481 e. The molecular formula is C10H18O8. The Bertz CT molecular complexity index is 281. The zero-order valence-corrected chi connectivity index (χ0v) is 9.84. The number of rotatable bonds is 5. The second-order valence-corrected chi connectivity index (χ2v) is 4.24. The summed E-state index contributed by atoms with van der Waals surface area (Å²) in [5.74, 6) is -1.08. The quantitative estimate of drug-likeness (QED) is 0.373. The maximum Gasteiger partial charge on any atom is 0.305 e. The lowest BCUT2D eigenvalue weighted by Gasteiger charge is -2.40. The van der Waals surface area contributed by atoms with Gasteiger partial charge in [0.25, 0.3) is 0 Å². The molecule has 3 unspecified atom stereocenters. The first-order valence-electron chi connectivity index (χ1n) is 5.54. The number of carboxylic acid groups (broad SMARTS) is 1. The molecule has 0 aromatic rings. The number of hydrogen-bond donors (Lipinski definition) is 5. The Balaban J connectivity index is 2.61. The van der Waals surface area contributed by atoms with Crippen LogP contribution in [-0.2, 0) is 14.3 Å². The Kier molecular flexibility index (Phi) is 5.45. The smallest absolute Gasteiger partial charge is 0.305 e. The summed E-state index contributed by atoms with van der Waals surface area (Å²) >= 11 is 0. The number of aliphatic carboxylic acids is 1. The highest BCUT2D eigenvalue weighted by molar-refractivity contribution is 5.67. The van der Waals surface area contributed by atoms with E-state index in [1.165, 1.54) is 6.92 Å². The monoisotopic (exact) mass is 266 g/mol. The van der Waals surface area contributed by atoms with Crippen molar-refractivity contribution in [2.45, 2.75) is 50.2 Å². The van der Waals surface area contributed by atoms with Crippen LogP contribution in [0.25, 0.3) is 0 Å². The summed E-state index contributed by atoms with van der Waals surface area (Å²) in [5.41, 5.74) is 0. The standard InChI is InChI=1S/C10H18O8/c1-4(2-6(12)13)17-10-9(16)8(15)7(14)5(3-11)18-10/h4-5,7-11,14-16H,2-3H2,1H3,(H,12,13)/t4-,5?,7+,8?,9?,10+/m1/s1. The van der Waals surface area contributed by atoms with Crippen LogP contribution in [0.5, 0.6) is 0 Å². The van der Waals surface area contributed by atoms with Crippen LogP contribution < -0.4 is 0 Å². The summed E-state index contributed by atoms with van der Waals surface area (Å²) in [7, 11) is 0. The second-order valence-electron chi connectivity index (χ2n) is 4.24. The average Bonchev–Trinajstić information content (AvgIpc) is 2.29. The fourth-order valence-electron chi connectivity index (χ4n) is 1.70. The Hall–Kier alpha value is -0.770. The molecular weight excluding hydrogens is 248 g/mol. The van der Waals surface area contributed by atoms with Gasteiger partial charge >= 0.3 is 5.97 Å². The molecule has 1 fully saturated rings. The first-order valence-corrected chi connectivity index (χ1v) is 5.54. The van der Waals surface area contributed by atoms with Gasteiger partial charge in [-0.3, -0.25) is 4.79 Å². The lowest BCUT2D eigenvalue weighted by molar-refractivity contribution is -0.310.